The number of nitrogens with zero attached hydrogens (tertiary/aromatic N) is 2. The van der Waals surface area contributed by atoms with Crippen molar-refractivity contribution in [2.24, 2.45) is 23.7 Å². The minimum atomic E-state index is -0.805. The van der Waals surface area contributed by atoms with E-state index in [9.17, 15) is 14.7 Å². The molecule has 0 aromatic carbocycles. The molecule has 0 spiro atoms. The lowest BCUT2D eigenvalue weighted by Gasteiger charge is -2.27. The van der Waals surface area contributed by atoms with Crippen molar-refractivity contribution in [1.82, 2.24) is 14.9 Å². The Labute approximate surface area is 123 Å². The minimum Gasteiger partial charge on any atom is -0.481 e. The number of amides is 1. The molecule has 1 aromatic heterocycles. The molecule has 0 aliphatic heterocycles. The Balaban J connectivity index is 1.49. The first-order valence-corrected chi connectivity index (χ1v) is 7.63. The quantitative estimate of drug-likeness (QED) is 0.770. The number of carboxylic acid groups (broad SMARTS) is 1. The van der Waals surface area contributed by atoms with Crippen LogP contribution < -0.4 is 5.32 Å². The third-order valence-electron chi connectivity index (χ3n) is 4.96. The summed E-state index contributed by atoms with van der Waals surface area (Å²) in [6.07, 6.45) is 9.06. The highest BCUT2D eigenvalue weighted by Crippen LogP contribution is 2.52. The highest BCUT2D eigenvalue weighted by molar-refractivity contribution is 5.86. The SMILES string of the molecule is O=C(O)[C@H]1[C@H]2CC[C@@H](C2)[C@@H]1C(=O)NCCCn1ccnc1. The number of carbonyl (C=O) groups excluding carboxylic acids is 1. The molecular formula is C15H21N3O3. The normalized spacial score (nSPS) is 30.5. The second kappa shape index (κ2) is 5.87. The van der Waals surface area contributed by atoms with Gasteiger partial charge in [-0.15, -0.1) is 0 Å². The zero-order chi connectivity index (χ0) is 14.8. The lowest BCUT2D eigenvalue weighted by atomic mass is 9.78. The Morgan fingerprint density at radius 1 is 1.29 bits per heavy atom. The van der Waals surface area contributed by atoms with Crippen molar-refractivity contribution in [2.75, 3.05) is 6.54 Å². The Hall–Kier alpha value is -1.85. The summed E-state index contributed by atoms with van der Waals surface area (Å²) in [6, 6.07) is 0. The number of carbonyl (C=O) groups is 2. The van der Waals surface area contributed by atoms with Crippen LogP contribution in [0.1, 0.15) is 25.7 Å². The number of carboxylic acids is 1. The fourth-order valence-corrected chi connectivity index (χ4v) is 4.03. The summed E-state index contributed by atoms with van der Waals surface area (Å²) in [5.74, 6) is -1.20. The number of rotatable bonds is 6. The number of fused-ring (bicyclic) bond motifs is 2. The van der Waals surface area contributed by atoms with Crippen LogP contribution in [-0.4, -0.2) is 33.1 Å². The van der Waals surface area contributed by atoms with Gasteiger partial charge in [0.05, 0.1) is 18.2 Å². The van der Waals surface area contributed by atoms with E-state index < -0.39 is 11.9 Å². The second-order valence-electron chi connectivity index (χ2n) is 6.17. The van der Waals surface area contributed by atoms with Gasteiger partial charge in [-0.25, -0.2) is 4.98 Å². The standard InChI is InChI=1S/C15H21N3O3/c19-14(17-4-1-6-18-7-5-16-9-18)12-10-2-3-11(8-10)13(12)15(20)21/h5,7,9-13H,1-4,6,8H2,(H,17,19)(H,20,21)/t10-,11-,12-,13-/m0/s1. The predicted octanol–water partition coefficient (Wildman–Crippen LogP) is 1.14. The summed E-state index contributed by atoms with van der Waals surface area (Å²) < 4.78 is 1.96. The molecule has 2 saturated carbocycles. The number of aromatic nitrogens is 2. The number of nitrogens with one attached hydrogen (secondary N) is 1. The van der Waals surface area contributed by atoms with E-state index in [4.69, 9.17) is 0 Å². The number of aryl methyl sites for hydroxylation is 1. The van der Waals surface area contributed by atoms with Gasteiger partial charge >= 0.3 is 5.97 Å². The molecule has 1 heterocycles. The van der Waals surface area contributed by atoms with Crippen LogP contribution in [0.15, 0.2) is 18.7 Å². The van der Waals surface area contributed by atoms with Gasteiger partial charge in [-0.3, -0.25) is 9.59 Å². The summed E-state index contributed by atoms with van der Waals surface area (Å²) in [5.41, 5.74) is 0. The molecule has 21 heavy (non-hydrogen) atoms. The van der Waals surface area contributed by atoms with Gasteiger partial charge in [0, 0.05) is 25.5 Å². The van der Waals surface area contributed by atoms with Crippen LogP contribution in [0, 0.1) is 23.7 Å². The van der Waals surface area contributed by atoms with Crippen LogP contribution in [0.25, 0.3) is 0 Å². The molecule has 2 aliphatic carbocycles. The van der Waals surface area contributed by atoms with E-state index in [-0.39, 0.29) is 23.7 Å². The predicted molar refractivity (Wildman–Crippen MR) is 75.3 cm³/mol. The van der Waals surface area contributed by atoms with Gasteiger partial charge in [0.15, 0.2) is 0 Å². The smallest absolute Gasteiger partial charge is 0.307 e. The fraction of sp³-hybridized carbons (Fsp3) is 0.667. The van der Waals surface area contributed by atoms with E-state index in [1.165, 1.54) is 0 Å². The summed E-state index contributed by atoms with van der Waals surface area (Å²) in [7, 11) is 0. The maximum absolute atomic E-state index is 12.3. The van der Waals surface area contributed by atoms with Crippen LogP contribution in [0.3, 0.4) is 0 Å². The molecule has 0 unspecified atom stereocenters. The van der Waals surface area contributed by atoms with Crippen molar-refractivity contribution in [3.63, 3.8) is 0 Å². The number of hydrogen-bond donors (Lipinski definition) is 2. The van der Waals surface area contributed by atoms with Crippen molar-refractivity contribution in [3.8, 4) is 0 Å². The molecule has 1 amide bonds. The molecule has 0 saturated heterocycles. The molecule has 4 atom stereocenters. The van der Waals surface area contributed by atoms with Crippen molar-refractivity contribution >= 4 is 11.9 Å². The number of hydrogen-bond acceptors (Lipinski definition) is 3. The molecular weight excluding hydrogens is 270 g/mol. The van der Waals surface area contributed by atoms with Crippen LogP contribution in [0.4, 0.5) is 0 Å². The molecule has 2 aliphatic rings. The maximum Gasteiger partial charge on any atom is 0.307 e. The maximum atomic E-state index is 12.3. The largest absolute Gasteiger partial charge is 0.481 e. The van der Waals surface area contributed by atoms with Crippen LogP contribution in [-0.2, 0) is 16.1 Å². The van der Waals surface area contributed by atoms with Crippen molar-refractivity contribution < 1.29 is 14.7 Å². The van der Waals surface area contributed by atoms with E-state index in [0.717, 1.165) is 32.2 Å². The molecule has 1 aromatic rings. The third kappa shape index (κ3) is 2.80. The summed E-state index contributed by atoms with van der Waals surface area (Å²) in [4.78, 5) is 27.7. The fourth-order valence-electron chi connectivity index (χ4n) is 4.03. The molecule has 2 fully saturated rings. The van der Waals surface area contributed by atoms with E-state index in [1.54, 1.807) is 12.5 Å². The lowest BCUT2D eigenvalue weighted by Crippen LogP contribution is -2.41. The molecule has 2 N–H and O–H groups in total. The van der Waals surface area contributed by atoms with Gasteiger partial charge in [-0.2, -0.15) is 0 Å². The molecule has 0 radical (unpaired) electrons. The van der Waals surface area contributed by atoms with Gasteiger partial charge in [-0.05, 0) is 37.5 Å². The van der Waals surface area contributed by atoms with E-state index in [2.05, 4.69) is 10.3 Å². The highest BCUT2D eigenvalue weighted by atomic mass is 16.4. The lowest BCUT2D eigenvalue weighted by molar-refractivity contribution is -0.149. The zero-order valence-corrected chi connectivity index (χ0v) is 11.9. The molecule has 6 nitrogen and oxygen atoms in total. The topological polar surface area (TPSA) is 84.2 Å². The van der Waals surface area contributed by atoms with Crippen LogP contribution in [0.5, 0.6) is 0 Å². The minimum absolute atomic E-state index is 0.0692. The Bertz CT molecular complexity index is 514. The van der Waals surface area contributed by atoms with Crippen LogP contribution in [0.2, 0.25) is 0 Å². The summed E-state index contributed by atoms with van der Waals surface area (Å²) in [5, 5.41) is 12.3. The summed E-state index contributed by atoms with van der Waals surface area (Å²) >= 11 is 0. The van der Waals surface area contributed by atoms with Gasteiger partial charge in [-0.1, -0.05) is 0 Å². The zero-order valence-electron chi connectivity index (χ0n) is 11.9. The molecule has 6 heteroatoms. The molecule has 114 valence electrons. The van der Waals surface area contributed by atoms with Gasteiger partial charge < -0.3 is 15.0 Å². The number of aliphatic carboxylic acids is 1. The third-order valence-corrected chi connectivity index (χ3v) is 4.96. The van der Waals surface area contributed by atoms with Gasteiger partial charge in [0.2, 0.25) is 5.91 Å². The monoisotopic (exact) mass is 291 g/mol. The number of imidazole rings is 1. The van der Waals surface area contributed by atoms with E-state index >= 15 is 0 Å². The summed E-state index contributed by atoms with van der Waals surface area (Å²) in [6.45, 7) is 1.39. The van der Waals surface area contributed by atoms with Crippen molar-refractivity contribution in [3.05, 3.63) is 18.7 Å². The first-order valence-electron chi connectivity index (χ1n) is 7.63. The first-order chi connectivity index (χ1) is 10.2. The van der Waals surface area contributed by atoms with E-state index in [1.807, 2.05) is 10.8 Å². The Morgan fingerprint density at radius 2 is 2.05 bits per heavy atom. The van der Waals surface area contributed by atoms with E-state index in [0.29, 0.717) is 6.54 Å². The Morgan fingerprint density at radius 3 is 2.71 bits per heavy atom. The van der Waals surface area contributed by atoms with Crippen molar-refractivity contribution in [1.29, 1.82) is 0 Å². The second-order valence-corrected chi connectivity index (χ2v) is 6.17. The van der Waals surface area contributed by atoms with Gasteiger partial charge in [0.25, 0.3) is 0 Å². The first kappa shape index (κ1) is 14.1. The molecule has 3 rings (SSSR count). The van der Waals surface area contributed by atoms with Gasteiger partial charge in [0.1, 0.15) is 0 Å². The Kier molecular flexibility index (Phi) is 3.94. The van der Waals surface area contributed by atoms with Crippen molar-refractivity contribution in [2.45, 2.75) is 32.2 Å². The average Bonchev–Trinajstić information content (AvgIpc) is 3.18. The average molecular weight is 291 g/mol. The molecule has 2 bridgehead atoms. The van der Waals surface area contributed by atoms with Crippen LogP contribution >= 0.6 is 0 Å². The highest BCUT2D eigenvalue weighted by Gasteiger charge is 2.53.